The van der Waals surface area contributed by atoms with Crippen molar-refractivity contribution >= 4 is 17.4 Å². The number of hydrogen-bond donors (Lipinski definition) is 2. The van der Waals surface area contributed by atoms with E-state index in [1.807, 2.05) is 57.3 Å². The maximum absolute atomic E-state index is 13.0. The Morgan fingerprint density at radius 3 is 2.42 bits per heavy atom. The molecular weight excluding hydrogens is 549 g/mol. The number of benzene rings is 2. The number of halogens is 3. The van der Waals surface area contributed by atoms with Gasteiger partial charge < -0.3 is 15.5 Å². The highest BCUT2D eigenvalue weighted by Crippen LogP contribution is 2.36. The highest BCUT2D eigenvalue weighted by atomic mass is 19.4. The maximum Gasteiger partial charge on any atom is 0.416 e. The van der Waals surface area contributed by atoms with Crippen LogP contribution in [0.4, 0.5) is 24.7 Å². The van der Waals surface area contributed by atoms with Crippen LogP contribution in [0.15, 0.2) is 66.9 Å². The molecule has 2 fully saturated rings. The van der Waals surface area contributed by atoms with Gasteiger partial charge in [0.1, 0.15) is 5.82 Å². The van der Waals surface area contributed by atoms with E-state index < -0.39 is 11.7 Å². The van der Waals surface area contributed by atoms with Gasteiger partial charge in [0, 0.05) is 42.1 Å². The third-order valence-electron chi connectivity index (χ3n) is 8.66. The molecule has 2 aliphatic rings. The second kappa shape index (κ2) is 13.0. The number of hydrogen-bond acceptors (Lipinski definition) is 4. The van der Waals surface area contributed by atoms with Crippen LogP contribution < -0.4 is 15.5 Å². The average molecular weight is 593 g/mol. The van der Waals surface area contributed by atoms with E-state index in [0.29, 0.717) is 23.4 Å². The minimum absolute atomic E-state index is 0.0913. The highest BCUT2D eigenvalue weighted by Gasteiger charge is 2.32. The van der Waals surface area contributed by atoms with Gasteiger partial charge in [-0.25, -0.2) is 4.98 Å². The SMILES string of the molecule is CC(C)(C)NC(=O)c1cccc(-c2ccnc(N[C@@H]3CCCC[C@H]3C[C@H]3CCCN(c4ccc(C(F)(F)F)cc4)C3)c2)c1. The van der Waals surface area contributed by atoms with Crippen LogP contribution in [0.2, 0.25) is 0 Å². The first-order valence-corrected chi connectivity index (χ1v) is 15.5. The van der Waals surface area contributed by atoms with Crippen molar-refractivity contribution in [1.29, 1.82) is 0 Å². The number of piperidine rings is 1. The van der Waals surface area contributed by atoms with Crippen LogP contribution in [-0.2, 0) is 6.18 Å². The summed E-state index contributed by atoms with van der Waals surface area (Å²) in [4.78, 5) is 19.6. The van der Waals surface area contributed by atoms with E-state index in [-0.39, 0.29) is 11.4 Å². The predicted octanol–water partition coefficient (Wildman–Crippen LogP) is 8.57. The van der Waals surface area contributed by atoms with Gasteiger partial charge in [-0.3, -0.25) is 4.79 Å². The van der Waals surface area contributed by atoms with Crippen LogP contribution in [0.1, 0.15) is 81.6 Å². The van der Waals surface area contributed by atoms with Gasteiger partial charge in [0.15, 0.2) is 0 Å². The van der Waals surface area contributed by atoms with Crippen molar-refractivity contribution in [3.05, 3.63) is 78.0 Å². The molecule has 8 heteroatoms. The fourth-order valence-corrected chi connectivity index (χ4v) is 6.59. The zero-order valence-electron chi connectivity index (χ0n) is 25.4. The average Bonchev–Trinajstić information content (AvgIpc) is 2.97. The standard InChI is InChI=1S/C35H43F3N4O/c1-34(2,3)41-33(43)28-11-6-10-25(21-28)26-17-18-39-32(22-26)40-31-12-5-4-9-27(31)20-24-8-7-19-42(23-24)30-15-13-29(14-16-30)35(36,37)38/h6,10-11,13-18,21-22,24,27,31H,4-5,7-9,12,19-20,23H2,1-3H3,(H,39,40)(H,41,43)/t24-,27+,31-/m1/s1. The number of alkyl halides is 3. The number of pyridine rings is 1. The Hall–Kier alpha value is -3.55. The summed E-state index contributed by atoms with van der Waals surface area (Å²) in [6.07, 6.45) is 5.46. The summed E-state index contributed by atoms with van der Waals surface area (Å²) in [7, 11) is 0. The molecule has 2 heterocycles. The molecular formula is C35H43F3N4O. The van der Waals surface area contributed by atoms with Crippen molar-refractivity contribution in [1.82, 2.24) is 10.3 Å². The van der Waals surface area contributed by atoms with Gasteiger partial charge in [0.2, 0.25) is 0 Å². The van der Waals surface area contributed by atoms with Crippen molar-refractivity contribution in [2.45, 2.75) is 83.5 Å². The molecule has 5 nitrogen and oxygen atoms in total. The molecule has 1 aromatic heterocycles. The molecule has 0 radical (unpaired) electrons. The zero-order chi connectivity index (χ0) is 30.6. The molecule has 0 spiro atoms. The third-order valence-corrected chi connectivity index (χ3v) is 8.66. The van der Waals surface area contributed by atoms with Crippen molar-refractivity contribution < 1.29 is 18.0 Å². The van der Waals surface area contributed by atoms with Gasteiger partial charge in [-0.2, -0.15) is 13.2 Å². The summed E-state index contributed by atoms with van der Waals surface area (Å²) >= 11 is 0. The van der Waals surface area contributed by atoms with Gasteiger partial charge >= 0.3 is 6.18 Å². The number of nitrogens with zero attached hydrogens (tertiary/aromatic N) is 2. The van der Waals surface area contributed by atoms with E-state index in [0.717, 1.165) is 61.4 Å². The Kier molecular flexibility index (Phi) is 9.33. The second-order valence-electron chi connectivity index (χ2n) is 13.2. The maximum atomic E-state index is 13.0. The zero-order valence-corrected chi connectivity index (χ0v) is 25.4. The molecule has 3 atom stereocenters. The van der Waals surface area contributed by atoms with Gasteiger partial charge in [0.05, 0.1) is 5.56 Å². The molecule has 230 valence electrons. The van der Waals surface area contributed by atoms with Crippen LogP contribution in [0.5, 0.6) is 0 Å². The van der Waals surface area contributed by atoms with Gasteiger partial charge in [0.25, 0.3) is 5.91 Å². The summed E-state index contributed by atoms with van der Waals surface area (Å²) < 4.78 is 39.1. The lowest BCUT2D eigenvalue weighted by molar-refractivity contribution is -0.137. The number of rotatable bonds is 7. The topological polar surface area (TPSA) is 57.3 Å². The largest absolute Gasteiger partial charge is 0.416 e. The minimum atomic E-state index is -4.31. The number of carbonyl (C=O) groups is 1. The Morgan fingerprint density at radius 2 is 1.67 bits per heavy atom. The number of nitrogens with one attached hydrogen (secondary N) is 2. The molecule has 1 saturated carbocycles. The summed E-state index contributed by atoms with van der Waals surface area (Å²) in [5.74, 6) is 1.77. The molecule has 0 bridgehead atoms. The smallest absolute Gasteiger partial charge is 0.371 e. The highest BCUT2D eigenvalue weighted by molar-refractivity contribution is 5.95. The predicted molar refractivity (Wildman–Crippen MR) is 167 cm³/mol. The van der Waals surface area contributed by atoms with Crippen LogP contribution in [0.25, 0.3) is 11.1 Å². The molecule has 1 aliphatic heterocycles. The van der Waals surface area contributed by atoms with Crippen molar-refractivity contribution in [2.75, 3.05) is 23.3 Å². The molecule has 3 aromatic rings. The van der Waals surface area contributed by atoms with E-state index in [9.17, 15) is 18.0 Å². The summed E-state index contributed by atoms with van der Waals surface area (Å²) in [5.41, 5.74) is 2.57. The van der Waals surface area contributed by atoms with E-state index in [4.69, 9.17) is 0 Å². The normalized spacial score (nSPS) is 21.3. The van der Waals surface area contributed by atoms with E-state index in [1.54, 1.807) is 12.1 Å². The minimum Gasteiger partial charge on any atom is -0.371 e. The second-order valence-corrected chi connectivity index (χ2v) is 13.2. The Bertz CT molecular complexity index is 1380. The summed E-state index contributed by atoms with van der Waals surface area (Å²) in [6, 6.07) is 17.7. The Morgan fingerprint density at radius 1 is 0.930 bits per heavy atom. The Balaban J connectivity index is 1.24. The van der Waals surface area contributed by atoms with Crippen molar-refractivity contribution in [3.8, 4) is 11.1 Å². The number of anilines is 2. The summed E-state index contributed by atoms with van der Waals surface area (Å²) in [6.45, 7) is 7.67. The van der Waals surface area contributed by atoms with Crippen LogP contribution in [-0.4, -0.2) is 35.6 Å². The van der Waals surface area contributed by atoms with E-state index in [2.05, 4.69) is 26.6 Å². The van der Waals surface area contributed by atoms with E-state index in [1.165, 1.54) is 31.4 Å². The summed E-state index contributed by atoms with van der Waals surface area (Å²) in [5, 5.41) is 6.78. The molecule has 43 heavy (non-hydrogen) atoms. The van der Waals surface area contributed by atoms with Crippen LogP contribution in [0, 0.1) is 11.8 Å². The number of carbonyl (C=O) groups excluding carboxylic acids is 1. The lowest BCUT2D eigenvalue weighted by atomic mass is 9.77. The third kappa shape index (κ3) is 8.30. The lowest BCUT2D eigenvalue weighted by Crippen LogP contribution is -2.40. The molecule has 0 unspecified atom stereocenters. The fourth-order valence-electron chi connectivity index (χ4n) is 6.59. The van der Waals surface area contributed by atoms with Crippen molar-refractivity contribution in [2.24, 2.45) is 11.8 Å². The van der Waals surface area contributed by atoms with Crippen LogP contribution >= 0.6 is 0 Å². The fraction of sp³-hybridized carbons (Fsp3) is 0.486. The molecule has 1 aliphatic carbocycles. The molecule has 2 N–H and O–H groups in total. The molecule has 1 amide bonds. The van der Waals surface area contributed by atoms with Gasteiger partial charge in [-0.1, -0.05) is 25.0 Å². The van der Waals surface area contributed by atoms with Crippen LogP contribution in [0.3, 0.4) is 0 Å². The first-order chi connectivity index (χ1) is 20.4. The Labute approximate surface area is 253 Å². The number of amides is 1. The molecule has 1 saturated heterocycles. The van der Waals surface area contributed by atoms with Gasteiger partial charge in [-0.05, 0) is 124 Å². The quantitative estimate of drug-likeness (QED) is 0.289. The first kappa shape index (κ1) is 30.9. The van der Waals surface area contributed by atoms with E-state index >= 15 is 0 Å². The first-order valence-electron chi connectivity index (χ1n) is 15.5. The lowest BCUT2D eigenvalue weighted by Gasteiger charge is -2.39. The monoisotopic (exact) mass is 592 g/mol. The molecule has 2 aromatic carbocycles. The van der Waals surface area contributed by atoms with Crippen molar-refractivity contribution in [3.63, 3.8) is 0 Å². The number of aromatic nitrogens is 1. The van der Waals surface area contributed by atoms with Gasteiger partial charge in [-0.15, -0.1) is 0 Å². The molecule has 5 rings (SSSR count).